The van der Waals surface area contributed by atoms with E-state index in [1.54, 1.807) is 0 Å². The molecule has 7 heteroatoms. The maximum atomic E-state index is 10.9. The molecular weight excluding hydrogens is 246 g/mol. The number of nitro groups is 1. The average Bonchev–Trinajstić information content (AvgIpc) is 2.37. The molecule has 0 spiro atoms. The summed E-state index contributed by atoms with van der Waals surface area (Å²) in [4.78, 5) is 17.8. The molecule has 1 rings (SSSR count). The number of hydrogen-bond donors (Lipinski definition) is 2. The van der Waals surface area contributed by atoms with E-state index in [-0.39, 0.29) is 17.3 Å². The van der Waals surface area contributed by atoms with Gasteiger partial charge >= 0.3 is 5.69 Å². The van der Waals surface area contributed by atoms with E-state index in [1.807, 2.05) is 0 Å². The number of hydrogen-bond acceptors (Lipinski definition) is 6. The number of nitrogens with zero attached hydrogens (tertiary/aromatic N) is 3. The van der Waals surface area contributed by atoms with Crippen LogP contribution >= 0.6 is 0 Å². The first-order chi connectivity index (χ1) is 9.16. The van der Waals surface area contributed by atoms with Crippen LogP contribution in [0.15, 0.2) is 6.33 Å². The number of unbranched alkanes of at least 4 members (excludes halogenated alkanes) is 5. The highest BCUT2D eigenvalue weighted by Crippen LogP contribution is 2.26. The number of nitrogens with two attached hydrogens (primary N) is 1. The molecule has 0 saturated heterocycles. The molecule has 0 radical (unpaired) electrons. The normalized spacial score (nSPS) is 10.4. The van der Waals surface area contributed by atoms with Gasteiger partial charge in [0.25, 0.3) is 0 Å². The topological polar surface area (TPSA) is 107 Å². The third-order valence-electron chi connectivity index (χ3n) is 2.86. The molecular formula is C12H21N5O2. The highest BCUT2D eigenvalue weighted by atomic mass is 16.6. The fourth-order valence-corrected chi connectivity index (χ4v) is 1.81. The van der Waals surface area contributed by atoms with Gasteiger partial charge in [0.1, 0.15) is 6.33 Å². The Hall–Kier alpha value is -1.92. The van der Waals surface area contributed by atoms with Crippen molar-refractivity contribution in [2.75, 3.05) is 17.6 Å². The van der Waals surface area contributed by atoms with Gasteiger partial charge in [0.05, 0.1) is 4.92 Å². The van der Waals surface area contributed by atoms with Gasteiger partial charge in [-0.3, -0.25) is 10.1 Å². The van der Waals surface area contributed by atoms with Crippen molar-refractivity contribution in [3.8, 4) is 0 Å². The summed E-state index contributed by atoms with van der Waals surface area (Å²) in [6.45, 7) is 2.84. The highest BCUT2D eigenvalue weighted by molar-refractivity contribution is 5.67. The minimum absolute atomic E-state index is 0.106. The molecule has 0 aliphatic rings. The SMILES string of the molecule is CCCCCCCCNc1ncnc(N)c1[N+](=O)[O-]. The predicted molar refractivity (Wildman–Crippen MR) is 75.0 cm³/mol. The molecule has 1 heterocycles. The second-order valence-electron chi connectivity index (χ2n) is 4.41. The lowest BCUT2D eigenvalue weighted by Gasteiger charge is -2.06. The van der Waals surface area contributed by atoms with Crippen molar-refractivity contribution in [1.82, 2.24) is 9.97 Å². The van der Waals surface area contributed by atoms with Gasteiger partial charge in [-0.2, -0.15) is 0 Å². The Morgan fingerprint density at radius 1 is 1.26 bits per heavy atom. The van der Waals surface area contributed by atoms with Gasteiger partial charge in [0.2, 0.25) is 11.6 Å². The zero-order chi connectivity index (χ0) is 14.1. The summed E-state index contributed by atoms with van der Waals surface area (Å²) in [6.07, 6.45) is 8.24. The number of nitrogens with one attached hydrogen (secondary N) is 1. The van der Waals surface area contributed by atoms with E-state index < -0.39 is 4.92 Å². The monoisotopic (exact) mass is 267 g/mol. The van der Waals surface area contributed by atoms with Crippen molar-refractivity contribution in [2.45, 2.75) is 45.4 Å². The van der Waals surface area contributed by atoms with Crippen molar-refractivity contribution in [1.29, 1.82) is 0 Å². The molecule has 0 aliphatic carbocycles. The van der Waals surface area contributed by atoms with Crippen LogP contribution in [0, 0.1) is 10.1 Å². The fraction of sp³-hybridized carbons (Fsp3) is 0.667. The zero-order valence-corrected chi connectivity index (χ0v) is 11.3. The first-order valence-corrected chi connectivity index (χ1v) is 6.65. The van der Waals surface area contributed by atoms with Crippen LogP contribution in [0.1, 0.15) is 45.4 Å². The van der Waals surface area contributed by atoms with Gasteiger partial charge in [0.15, 0.2) is 0 Å². The molecule has 1 aromatic heterocycles. The molecule has 0 amide bonds. The highest BCUT2D eigenvalue weighted by Gasteiger charge is 2.20. The van der Waals surface area contributed by atoms with E-state index in [4.69, 9.17) is 5.73 Å². The van der Waals surface area contributed by atoms with Crippen LogP contribution in [0.25, 0.3) is 0 Å². The summed E-state index contributed by atoms with van der Waals surface area (Å²) in [6, 6.07) is 0. The van der Waals surface area contributed by atoms with Crippen LogP contribution in [0.4, 0.5) is 17.3 Å². The molecule has 0 bridgehead atoms. The van der Waals surface area contributed by atoms with Gasteiger partial charge in [-0.05, 0) is 6.42 Å². The third kappa shape index (κ3) is 5.07. The van der Waals surface area contributed by atoms with Crippen LogP contribution in [0.3, 0.4) is 0 Å². The van der Waals surface area contributed by atoms with Gasteiger partial charge < -0.3 is 11.1 Å². The molecule has 0 aromatic carbocycles. The molecule has 0 aliphatic heterocycles. The van der Waals surface area contributed by atoms with E-state index >= 15 is 0 Å². The summed E-state index contributed by atoms with van der Waals surface area (Å²) >= 11 is 0. The summed E-state index contributed by atoms with van der Waals surface area (Å²) in [5, 5.41) is 13.8. The Balaban J connectivity index is 2.37. The second-order valence-corrected chi connectivity index (χ2v) is 4.41. The lowest BCUT2D eigenvalue weighted by molar-refractivity contribution is -0.383. The predicted octanol–water partition coefficient (Wildman–Crippen LogP) is 2.74. The van der Waals surface area contributed by atoms with E-state index in [0.29, 0.717) is 6.54 Å². The molecule has 1 aromatic rings. The van der Waals surface area contributed by atoms with Gasteiger partial charge in [-0.15, -0.1) is 0 Å². The summed E-state index contributed by atoms with van der Waals surface area (Å²) in [7, 11) is 0. The minimum Gasteiger partial charge on any atom is -0.378 e. The van der Waals surface area contributed by atoms with Gasteiger partial charge in [-0.25, -0.2) is 9.97 Å². The smallest absolute Gasteiger partial charge is 0.352 e. The number of rotatable bonds is 9. The maximum absolute atomic E-state index is 10.9. The third-order valence-corrected chi connectivity index (χ3v) is 2.86. The van der Waals surface area contributed by atoms with E-state index in [2.05, 4.69) is 22.2 Å². The molecule has 7 nitrogen and oxygen atoms in total. The van der Waals surface area contributed by atoms with Crippen LogP contribution in [-0.4, -0.2) is 21.4 Å². The molecule has 0 saturated carbocycles. The summed E-state index contributed by atoms with van der Waals surface area (Å²) in [5.74, 6) is 0.0940. The fourth-order valence-electron chi connectivity index (χ4n) is 1.81. The van der Waals surface area contributed by atoms with Gasteiger partial charge in [-0.1, -0.05) is 39.0 Å². The zero-order valence-electron chi connectivity index (χ0n) is 11.3. The van der Waals surface area contributed by atoms with Crippen molar-refractivity contribution in [2.24, 2.45) is 0 Å². The molecule has 0 atom stereocenters. The maximum Gasteiger partial charge on any atom is 0.352 e. The Morgan fingerprint density at radius 3 is 2.63 bits per heavy atom. The Morgan fingerprint density at radius 2 is 1.95 bits per heavy atom. The van der Waals surface area contributed by atoms with Crippen LogP contribution in [0.2, 0.25) is 0 Å². The van der Waals surface area contributed by atoms with E-state index in [0.717, 1.165) is 12.8 Å². The lowest BCUT2D eigenvalue weighted by atomic mass is 10.1. The van der Waals surface area contributed by atoms with Crippen LogP contribution in [0.5, 0.6) is 0 Å². The Kier molecular flexibility index (Phi) is 6.56. The Labute approximate surface area is 112 Å². The minimum atomic E-state index is -0.557. The molecule has 106 valence electrons. The van der Waals surface area contributed by atoms with Crippen LogP contribution < -0.4 is 11.1 Å². The molecule has 19 heavy (non-hydrogen) atoms. The molecule has 0 fully saturated rings. The molecule has 0 unspecified atom stereocenters. The first-order valence-electron chi connectivity index (χ1n) is 6.65. The van der Waals surface area contributed by atoms with Crippen molar-refractivity contribution < 1.29 is 4.92 Å². The first kappa shape index (κ1) is 15.1. The van der Waals surface area contributed by atoms with Crippen LogP contribution in [-0.2, 0) is 0 Å². The van der Waals surface area contributed by atoms with E-state index in [9.17, 15) is 10.1 Å². The Bertz CT molecular complexity index is 411. The standard InChI is InChI=1S/C12H21N5O2/c1-2-3-4-5-6-7-8-14-12-10(17(18)19)11(13)15-9-16-12/h9H,2-8H2,1H3,(H3,13,14,15,16). The number of aromatic nitrogens is 2. The number of nitrogen functional groups attached to an aromatic ring is 1. The van der Waals surface area contributed by atoms with Crippen molar-refractivity contribution >= 4 is 17.3 Å². The second kappa shape index (κ2) is 8.23. The summed E-state index contributed by atoms with van der Waals surface area (Å²) < 4.78 is 0. The quantitative estimate of drug-likeness (QED) is 0.404. The number of anilines is 2. The van der Waals surface area contributed by atoms with E-state index in [1.165, 1.54) is 32.0 Å². The summed E-state index contributed by atoms with van der Waals surface area (Å²) in [5.41, 5.74) is 5.23. The largest absolute Gasteiger partial charge is 0.378 e. The van der Waals surface area contributed by atoms with Crippen molar-refractivity contribution in [3.63, 3.8) is 0 Å². The van der Waals surface area contributed by atoms with Crippen molar-refractivity contribution in [3.05, 3.63) is 16.4 Å². The average molecular weight is 267 g/mol. The lowest BCUT2D eigenvalue weighted by Crippen LogP contribution is -2.09. The van der Waals surface area contributed by atoms with Gasteiger partial charge in [0, 0.05) is 6.54 Å². The molecule has 3 N–H and O–H groups in total.